The molecule has 1 aliphatic heterocycles. The second kappa shape index (κ2) is 10.1. The molecule has 1 atom stereocenters. The van der Waals surface area contributed by atoms with Gasteiger partial charge in [-0.15, -0.1) is 11.3 Å². The van der Waals surface area contributed by atoms with E-state index in [1.807, 2.05) is 6.92 Å². The molecule has 1 unspecified atom stereocenters. The lowest BCUT2D eigenvalue weighted by molar-refractivity contribution is 0.00752. The molecule has 1 fully saturated rings. The second-order valence-electron chi connectivity index (χ2n) is 6.78. The van der Waals surface area contributed by atoms with Crippen molar-refractivity contribution in [2.45, 2.75) is 47.2 Å². The third-order valence-corrected chi connectivity index (χ3v) is 5.55. The van der Waals surface area contributed by atoms with Gasteiger partial charge < -0.3 is 15.4 Å². The molecule has 6 nitrogen and oxygen atoms in total. The van der Waals surface area contributed by atoms with Gasteiger partial charge in [0.2, 0.25) is 0 Å². The Labute approximate surface area is 156 Å². The van der Waals surface area contributed by atoms with Gasteiger partial charge in [0.25, 0.3) is 0 Å². The Bertz CT molecular complexity index is 552. The van der Waals surface area contributed by atoms with Gasteiger partial charge in [0.1, 0.15) is 0 Å². The van der Waals surface area contributed by atoms with Crippen LogP contribution in [0.2, 0.25) is 0 Å². The van der Waals surface area contributed by atoms with Crippen LogP contribution in [0.15, 0.2) is 4.99 Å². The van der Waals surface area contributed by atoms with Crippen LogP contribution in [0.25, 0.3) is 0 Å². The number of rotatable bonds is 7. The molecule has 0 bridgehead atoms. The van der Waals surface area contributed by atoms with Crippen LogP contribution in [0.4, 0.5) is 0 Å². The van der Waals surface area contributed by atoms with Crippen molar-refractivity contribution >= 4 is 17.3 Å². The maximum absolute atomic E-state index is 5.49. The molecule has 1 aliphatic rings. The van der Waals surface area contributed by atoms with Gasteiger partial charge in [-0.05, 0) is 26.7 Å². The van der Waals surface area contributed by atoms with E-state index >= 15 is 0 Å². The molecule has 25 heavy (non-hydrogen) atoms. The summed E-state index contributed by atoms with van der Waals surface area (Å²) in [5.74, 6) is 1.46. The van der Waals surface area contributed by atoms with Gasteiger partial charge in [0.15, 0.2) is 5.96 Å². The predicted octanol–water partition coefficient (Wildman–Crippen LogP) is 2.17. The van der Waals surface area contributed by atoms with Crippen LogP contribution in [0, 0.1) is 19.8 Å². The Morgan fingerprint density at radius 2 is 2.00 bits per heavy atom. The van der Waals surface area contributed by atoms with Gasteiger partial charge in [-0.1, -0.05) is 13.8 Å². The van der Waals surface area contributed by atoms with Crippen molar-refractivity contribution in [3.8, 4) is 0 Å². The number of nitrogens with zero attached hydrogens (tertiary/aromatic N) is 3. The Balaban J connectivity index is 1.96. The summed E-state index contributed by atoms with van der Waals surface area (Å²) in [6, 6.07) is 0.486. The molecule has 1 aromatic rings. The number of thiazole rings is 1. The summed E-state index contributed by atoms with van der Waals surface area (Å²) in [4.78, 5) is 13.0. The monoisotopic (exact) mass is 367 g/mol. The van der Waals surface area contributed by atoms with Crippen molar-refractivity contribution in [3.63, 3.8) is 0 Å². The van der Waals surface area contributed by atoms with Crippen LogP contribution in [0.5, 0.6) is 0 Å². The molecule has 0 aromatic carbocycles. The summed E-state index contributed by atoms with van der Waals surface area (Å²) in [6.45, 7) is 16.9. The van der Waals surface area contributed by atoms with Gasteiger partial charge in [-0.2, -0.15) is 0 Å². The fraction of sp³-hybridized carbons (Fsp3) is 0.778. The zero-order valence-corrected chi connectivity index (χ0v) is 17.1. The first kappa shape index (κ1) is 20.1. The fourth-order valence-electron chi connectivity index (χ4n) is 3.11. The van der Waals surface area contributed by atoms with E-state index in [0.717, 1.165) is 56.1 Å². The average molecular weight is 368 g/mol. The number of nitrogens with one attached hydrogen (secondary N) is 2. The van der Waals surface area contributed by atoms with Crippen LogP contribution in [-0.2, 0) is 11.3 Å². The summed E-state index contributed by atoms with van der Waals surface area (Å²) in [5.41, 5.74) is 1.09. The zero-order chi connectivity index (χ0) is 18.2. The fourth-order valence-corrected chi connectivity index (χ4v) is 3.97. The van der Waals surface area contributed by atoms with E-state index in [4.69, 9.17) is 9.73 Å². The van der Waals surface area contributed by atoms with Crippen LogP contribution in [0.3, 0.4) is 0 Å². The molecular weight excluding hydrogens is 334 g/mol. The molecule has 0 amide bonds. The number of aryl methyl sites for hydroxylation is 2. The van der Waals surface area contributed by atoms with E-state index in [0.29, 0.717) is 18.5 Å². The smallest absolute Gasteiger partial charge is 0.191 e. The summed E-state index contributed by atoms with van der Waals surface area (Å²) < 4.78 is 5.49. The maximum Gasteiger partial charge on any atom is 0.191 e. The molecule has 1 aromatic heterocycles. The highest BCUT2D eigenvalue weighted by Crippen LogP contribution is 2.18. The minimum Gasteiger partial charge on any atom is -0.379 e. The van der Waals surface area contributed by atoms with E-state index in [1.54, 1.807) is 11.3 Å². The number of guanidine groups is 1. The molecule has 2 rings (SSSR count). The van der Waals surface area contributed by atoms with E-state index in [1.165, 1.54) is 4.88 Å². The average Bonchev–Trinajstić information content (AvgIpc) is 2.91. The first-order valence-corrected chi connectivity index (χ1v) is 10.1. The van der Waals surface area contributed by atoms with Crippen LogP contribution >= 0.6 is 11.3 Å². The molecular formula is C18H33N5OS. The molecule has 2 N–H and O–H groups in total. The lowest BCUT2D eigenvalue weighted by Gasteiger charge is -2.37. The lowest BCUT2D eigenvalue weighted by Crippen LogP contribution is -2.52. The van der Waals surface area contributed by atoms with Crippen molar-refractivity contribution in [3.05, 3.63) is 15.6 Å². The zero-order valence-electron chi connectivity index (χ0n) is 16.3. The van der Waals surface area contributed by atoms with Gasteiger partial charge in [-0.3, -0.25) is 4.90 Å². The number of morpholine rings is 1. The lowest BCUT2D eigenvalue weighted by atomic mass is 10.0. The van der Waals surface area contributed by atoms with Crippen molar-refractivity contribution in [2.24, 2.45) is 10.9 Å². The number of aromatic nitrogens is 1. The highest BCUT2D eigenvalue weighted by Gasteiger charge is 2.23. The summed E-state index contributed by atoms with van der Waals surface area (Å²) >= 11 is 1.73. The van der Waals surface area contributed by atoms with E-state index < -0.39 is 0 Å². The predicted molar refractivity (Wildman–Crippen MR) is 105 cm³/mol. The molecule has 7 heteroatoms. The Hall–Kier alpha value is -1.18. The minimum absolute atomic E-state index is 0.486. The first-order valence-electron chi connectivity index (χ1n) is 9.28. The van der Waals surface area contributed by atoms with Gasteiger partial charge >= 0.3 is 0 Å². The minimum atomic E-state index is 0.486. The Morgan fingerprint density at radius 1 is 1.28 bits per heavy atom. The molecule has 0 aliphatic carbocycles. The normalized spacial score (nSPS) is 17.8. The Morgan fingerprint density at radius 3 is 2.56 bits per heavy atom. The number of hydrogen-bond acceptors (Lipinski definition) is 5. The van der Waals surface area contributed by atoms with Crippen molar-refractivity contribution in [2.75, 3.05) is 39.4 Å². The molecule has 0 radical (unpaired) electrons. The van der Waals surface area contributed by atoms with Gasteiger partial charge in [0.05, 0.1) is 30.5 Å². The largest absolute Gasteiger partial charge is 0.379 e. The van der Waals surface area contributed by atoms with E-state index in [2.05, 4.69) is 48.2 Å². The first-order chi connectivity index (χ1) is 12.0. The van der Waals surface area contributed by atoms with Crippen molar-refractivity contribution in [1.82, 2.24) is 20.5 Å². The number of hydrogen-bond donors (Lipinski definition) is 2. The quantitative estimate of drug-likeness (QED) is 0.571. The molecule has 2 heterocycles. The van der Waals surface area contributed by atoms with E-state index in [-0.39, 0.29) is 0 Å². The molecule has 1 saturated heterocycles. The third-order valence-electron chi connectivity index (χ3n) is 4.49. The van der Waals surface area contributed by atoms with Gasteiger partial charge in [0, 0.05) is 37.1 Å². The van der Waals surface area contributed by atoms with Crippen LogP contribution in [0.1, 0.15) is 36.3 Å². The topological polar surface area (TPSA) is 61.8 Å². The van der Waals surface area contributed by atoms with Crippen molar-refractivity contribution in [1.29, 1.82) is 0 Å². The Kier molecular flexibility index (Phi) is 8.12. The van der Waals surface area contributed by atoms with Crippen molar-refractivity contribution < 1.29 is 4.74 Å². The standard InChI is InChI=1S/C18H33N5OS/c1-6-19-18(21-12-17-14(4)22-15(5)25-17)20-11-16(13(2)3)23-7-9-24-10-8-23/h13,16H,6-12H2,1-5H3,(H2,19,20,21). The number of ether oxygens (including phenoxy) is 1. The maximum atomic E-state index is 5.49. The number of aliphatic imine (C=N–C) groups is 1. The molecule has 0 saturated carbocycles. The molecule has 142 valence electrons. The van der Waals surface area contributed by atoms with Crippen LogP contribution < -0.4 is 10.6 Å². The second-order valence-corrected chi connectivity index (χ2v) is 8.06. The summed E-state index contributed by atoms with van der Waals surface area (Å²) in [6.07, 6.45) is 0. The van der Waals surface area contributed by atoms with Gasteiger partial charge in [-0.25, -0.2) is 9.98 Å². The highest BCUT2D eigenvalue weighted by atomic mass is 32.1. The SMILES string of the molecule is CCNC(=NCc1sc(C)nc1C)NCC(C(C)C)N1CCOCC1. The summed E-state index contributed by atoms with van der Waals surface area (Å²) in [7, 11) is 0. The third kappa shape index (κ3) is 6.24. The summed E-state index contributed by atoms with van der Waals surface area (Å²) in [5, 5.41) is 8.00. The van der Waals surface area contributed by atoms with Crippen LogP contribution in [-0.4, -0.2) is 61.3 Å². The molecule has 0 spiro atoms. The highest BCUT2D eigenvalue weighted by molar-refractivity contribution is 7.11. The van der Waals surface area contributed by atoms with E-state index in [9.17, 15) is 0 Å².